The van der Waals surface area contributed by atoms with Crippen LogP contribution >= 0.6 is 0 Å². The summed E-state index contributed by atoms with van der Waals surface area (Å²) >= 11 is 0. The quantitative estimate of drug-likeness (QED) is 0.687. The molecule has 0 radical (unpaired) electrons. The van der Waals surface area contributed by atoms with Crippen molar-refractivity contribution in [3.05, 3.63) is 12.2 Å². The van der Waals surface area contributed by atoms with Crippen molar-refractivity contribution >= 4 is 11.9 Å². The number of carbonyl (C=O) groups is 2. The van der Waals surface area contributed by atoms with Gasteiger partial charge in [-0.25, -0.2) is 0 Å². The lowest BCUT2D eigenvalue weighted by atomic mass is 9.95. The van der Waals surface area contributed by atoms with E-state index in [1.165, 1.54) is 0 Å². The van der Waals surface area contributed by atoms with Crippen LogP contribution in [0.25, 0.3) is 0 Å². The molecule has 15 heavy (non-hydrogen) atoms. The predicted octanol–water partition coefficient (Wildman–Crippen LogP) is 0.886. The number of carbonyl (C=O) groups excluding carboxylic acids is 1. The van der Waals surface area contributed by atoms with Gasteiger partial charge in [0, 0.05) is 13.1 Å². The van der Waals surface area contributed by atoms with Gasteiger partial charge in [-0.15, -0.1) is 0 Å². The van der Waals surface area contributed by atoms with Crippen LogP contribution in [0.4, 0.5) is 0 Å². The summed E-state index contributed by atoms with van der Waals surface area (Å²) in [6.07, 6.45) is 6.12. The Hall–Kier alpha value is -1.32. The van der Waals surface area contributed by atoms with Crippen LogP contribution < -0.4 is 0 Å². The summed E-state index contributed by atoms with van der Waals surface area (Å²) in [5.74, 6) is -1.55. The number of amides is 1. The maximum absolute atomic E-state index is 12.0. The van der Waals surface area contributed by atoms with Crippen LogP contribution in [0.5, 0.6) is 0 Å². The highest BCUT2D eigenvalue weighted by Crippen LogP contribution is 2.33. The van der Waals surface area contributed by atoms with Crippen LogP contribution in [0.15, 0.2) is 12.2 Å². The normalized spacial score (nSPS) is 29.7. The maximum Gasteiger partial charge on any atom is 0.307 e. The van der Waals surface area contributed by atoms with Gasteiger partial charge in [0.25, 0.3) is 0 Å². The van der Waals surface area contributed by atoms with Gasteiger partial charge in [-0.3, -0.25) is 9.59 Å². The molecule has 0 aromatic rings. The maximum atomic E-state index is 12.0. The second-order valence-electron chi connectivity index (χ2n) is 4.20. The van der Waals surface area contributed by atoms with E-state index < -0.39 is 11.9 Å². The highest BCUT2D eigenvalue weighted by atomic mass is 16.4. The molecule has 1 heterocycles. The van der Waals surface area contributed by atoms with E-state index in [1.54, 1.807) is 4.90 Å². The lowest BCUT2D eigenvalue weighted by molar-refractivity contribution is -0.148. The standard InChI is InChI=1S/C11H15NO3/c13-10(12-6-1-2-7-12)8-4-3-5-9(8)11(14)15/h1-2,8-9H,3-7H2,(H,14,15)/t8-,9+/m0/s1. The lowest BCUT2D eigenvalue weighted by Gasteiger charge is -2.22. The third kappa shape index (κ3) is 1.89. The van der Waals surface area contributed by atoms with Gasteiger partial charge >= 0.3 is 5.97 Å². The molecule has 4 heteroatoms. The SMILES string of the molecule is O=C(O)[C@@H]1CCC[C@@H]1C(=O)N1CC=CC1. The highest BCUT2D eigenvalue weighted by Gasteiger charge is 2.39. The summed E-state index contributed by atoms with van der Waals surface area (Å²) < 4.78 is 0. The molecular weight excluding hydrogens is 194 g/mol. The third-order valence-electron chi connectivity index (χ3n) is 3.28. The van der Waals surface area contributed by atoms with Gasteiger partial charge in [0.2, 0.25) is 5.91 Å². The zero-order valence-corrected chi connectivity index (χ0v) is 8.56. The molecule has 0 aromatic heterocycles. The Morgan fingerprint density at radius 1 is 1.13 bits per heavy atom. The minimum Gasteiger partial charge on any atom is -0.481 e. The molecule has 0 saturated heterocycles. The fourth-order valence-corrected chi connectivity index (χ4v) is 2.44. The molecule has 2 aliphatic rings. The minimum absolute atomic E-state index is 0.0184. The van der Waals surface area contributed by atoms with E-state index in [-0.39, 0.29) is 11.8 Å². The number of rotatable bonds is 2. The van der Waals surface area contributed by atoms with Crippen molar-refractivity contribution in [2.75, 3.05) is 13.1 Å². The first kappa shape index (κ1) is 10.2. The first-order valence-corrected chi connectivity index (χ1v) is 5.36. The minimum atomic E-state index is -0.821. The van der Waals surface area contributed by atoms with Crippen LogP contribution in [0.1, 0.15) is 19.3 Å². The second kappa shape index (κ2) is 4.04. The van der Waals surface area contributed by atoms with E-state index in [4.69, 9.17) is 5.11 Å². The number of carboxylic acid groups (broad SMARTS) is 1. The van der Waals surface area contributed by atoms with Crippen LogP contribution in [0.2, 0.25) is 0 Å². The van der Waals surface area contributed by atoms with Crippen LogP contribution in [-0.4, -0.2) is 35.0 Å². The van der Waals surface area contributed by atoms with Gasteiger partial charge in [0.1, 0.15) is 0 Å². The van der Waals surface area contributed by atoms with E-state index >= 15 is 0 Å². The molecule has 0 unspecified atom stereocenters. The van der Waals surface area contributed by atoms with E-state index in [2.05, 4.69) is 0 Å². The Morgan fingerprint density at radius 3 is 2.33 bits per heavy atom. The molecule has 0 aromatic carbocycles. The van der Waals surface area contributed by atoms with Crippen molar-refractivity contribution in [2.24, 2.45) is 11.8 Å². The molecule has 1 amide bonds. The molecule has 2 rings (SSSR count). The highest BCUT2D eigenvalue weighted by molar-refractivity contribution is 5.85. The number of hydrogen-bond donors (Lipinski definition) is 1. The zero-order valence-electron chi connectivity index (χ0n) is 8.56. The molecule has 1 saturated carbocycles. The average molecular weight is 209 g/mol. The Morgan fingerprint density at radius 2 is 1.73 bits per heavy atom. The first-order chi connectivity index (χ1) is 7.20. The van der Waals surface area contributed by atoms with Crippen molar-refractivity contribution < 1.29 is 14.7 Å². The second-order valence-corrected chi connectivity index (χ2v) is 4.20. The van der Waals surface area contributed by atoms with Crippen LogP contribution in [0.3, 0.4) is 0 Å². The molecule has 82 valence electrons. The van der Waals surface area contributed by atoms with E-state index in [1.807, 2.05) is 12.2 Å². The number of nitrogens with zero attached hydrogens (tertiary/aromatic N) is 1. The number of hydrogen-bond acceptors (Lipinski definition) is 2. The zero-order chi connectivity index (χ0) is 10.8. The summed E-state index contributed by atoms with van der Waals surface area (Å²) in [4.78, 5) is 24.7. The Labute approximate surface area is 88.6 Å². The molecule has 1 aliphatic carbocycles. The molecule has 2 atom stereocenters. The smallest absolute Gasteiger partial charge is 0.307 e. The fraction of sp³-hybridized carbons (Fsp3) is 0.636. The fourth-order valence-electron chi connectivity index (χ4n) is 2.44. The van der Waals surface area contributed by atoms with E-state index in [9.17, 15) is 9.59 Å². The van der Waals surface area contributed by atoms with Crippen molar-refractivity contribution in [3.8, 4) is 0 Å². The molecule has 0 bridgehead atoms. The van der Waals surface area contributed by atoms with E-state index in [0.717, 1.165) is 12.8 Å². The van der Waals surface area contributed by atoms with Gasteiger partial charge < -0.3 is 10.0 Å². The van der Waals surface area contributed by atoms with Gasteiger partial charge in [-0.05, 0) is 12.8 Å². The Kier molecular flexibility index (Phi) is 2.75. The van der Waals surface area contributed by atoms with Gasteiger partial charge in [-0.2, -0.15) is 0 Å². The largest absolute Gasteiger partial charge is 0.481 e. The van der Waals surface area contributed by atoms with Crippen LogP contribution in [0, 0.1) is 11.8 Å². The van der Waals surface area contributed by atoms with Gasteiger partial charge in [0.05, 0.1) is 11.8 Å². The molecule has 1 N–H and O–H groups in total. The number of aliphatic carboxylic acids is 1. The third-order valence-corrected chi connectivity index (χ3v) is 3.28. The Bertz CT molecular complexity index is 303. The van der Waals surface area contributed by atoms with Gasteiger partial charge in [-0.1, -0.05) is 18.6 Å². The molecule has 1 aliphatic heterocycles. The summed E-state index contributed by atoms with van der Waals surface area (Å²) in [6.45, 7) is 1.28. The van der Waals surface area contributed by atoms with Crippen molar-refractivity contribution in [1.82, 2.24) is 4.90 Å². The summed E-state index contributed by atoms with van der Waals surface area (Å²) in [6, 6.07) is 0. The summed E-state index contributed by atoms with van der Waals surface area (Å²) in [7, 11) is 0. The monoisotopic (exact) mass is 209 g/mol. The first-order valence-electron chi connectivity index (χ1n) is 5.36. The summed E-state index contributed by atoms with van der Waals surface area (Å²) in [5, 5.41) is 8.99. The molecule has 1 fully saturated rings. The number of carboxylic acids is 1. The Balaban J connectivity index is 2.02. The average Bonchev–Trinajstić information content (AvgIpc) is 2.88. The molecular formula is C11H15NO3. The van der Waals surface area contributed by atoms with E-state index in [0.29, 0.717) is 19.5 Å². The molecule has 4 nitrogen and oxygen atoms in total. The van der Waals surface area contributed by atoms with Crippen LogP contribution in [-0.2, 0) is 9.59 Å². The van der Waals surface area contributed by atoms with Crippen molar-refractivity contribution in [2.45, 2.75) is 19.3 Å². The van der Waals surface area contributed by atoms with Crippen molar-refractivity contribution in [1.29, 1.82) is 0 Å². The predicted molar refractivity (Wildman–Crippen MR) is 54.2 cm³/mol. The molecule has 0 spiro atoms. The topological polar surface area (TPSA) is 57.6 Å². The summed E-state index contributed by atoms with van der Waals surface area (Å²) in [5.41, 5.74) is 0. The van der Waals surface area contributed by atoms with Gasteiger partial charge in [0.15, 0.2) is 0 Å². The van der Waals surface area contributed by atoms with Crippen molar-refractivity contribution in [3.63, 3.8) is 0 Å². The lowest BCUT2D eigenvalue weighted by Crippen LogP contribution is -2.37.